The fraction of sp³-hybridized carbons (Fsp3) is 0.259. The van der Waals surface area contributed by atoms with Crippen LogP contribution in [0.15, 0.2) is 60.5 Å². The Morgan fingerprint density at radius 2 is 1.67 bits per heavy atom. The van der Waals surface area contributed by atoms with Crippen LogP contribution in [-0.2, 0) is 5.41 Å². The van der Waals surface area contributed by atoms with E-state index in [2.05, 4.69) is 72.9 Å². The van der Waals surface area contributed by atoms with Crippen LogP contribution in [0.5, 0.6) is 0 Å². The molecule has 0 aliphatic carbocycles. The van der Waals surface area contributed by atoms with E-state index < -0.39 is 0 Å². The molecule has 172 valence electrons. The second kappa shape index (κ2) is 10.0. The number of aromatic nitrogens is 2. The van der Waals surface area contributed by atoms with Crippen LogP contribution in [0.2, 0.25) is 5.02 Å². The zero-order chi connectivity index (χ0) is 24.3. The second-order valence-electron chi connectivity index (χ2n) is 9.02. The smallest absolute Gasteiger partial charge is 0.230 e. The van der Waals surface area contributed by atoms with Crippen LogP contribution in [0, 0.1) is 13.8 Å². The molecular formula is C27H31ClN4S. The van der Waals surface area contributed by atoms with E-state index in [1.807, 2.05) is 44.0 Å². The van der Waals surface area contributed by atoms with Crippen molar-refractivity contribution < 1.29 is 0 Å². The molecule has 0 saturated heterocycles. The Kier molecular flexibility index (Phi) is 7.55. The quantitative estimate of drug-likeness (QED) is 0.349. The van der Waals surface area contributed by atoms with Gasteiger partial charge in [0.2, 0.25) is 5.95 Å². The SMILES string of the molecule is C=Cc1c(Cl)ccc(NSc2ccc(C(C)(C)C)cc2)c1C(=C)N(C)c1nc(C)cc(C)n1. The average molecular weight is 479 g/mol. The molecular weight excluding hydrogens is 448 g/mol. The molecule has 6 heteroatoms. The highest BCUT2D eigenvalue weighted by atomic mass is 35.5. The minimum absolute atomic E-state index is 0.122. The van der Waals surface area contributed by atoms with Gasteiger partial charge < -0.3 is 9.62 Å². The summed E-state index contributed by atoms with van der Waals surface area (Å²) < 4.78 is 3.48. The van der Waals surface area contributed by atoms with Gasteiger partial charge in [0.25, 0.3) is 0 Å². The molecule has 0 saturated carbocycles. The van der Waals surface area contributed by atoms with Crippen molar-refractivity contribution in [2.24, 2.45) is 0 Å². The standard InChI is InChI=1S/C27H31ClN4S/c1-9-22-23(28)14-15-24(31-33-21-12-10-20(11-13-21)27(5,6)7)25(22)19(4)32(8)26-29-17(2)16-18(3)30-26/h9-16,31H,1,4H2,2-3,5-8H3. The first-order chi connectivity index (χ1) is 15.5. The molecule has 33 heavy (non-hydrogen) atoms. The summed E-state index contributed by atoms with van der Waals surface area (Å²) in [6.45, 7) is 18.9. The average Bonchev–Trinajstić information content (AvgIpc) is 2.76. The fourth-order valence-corrected chi connectivity index (χ4v) is 4.38. The van der Waals surface area contributed by atoms with Crippen molar-refractivity contribution >= 4 is 47.0 Å². The van der Waals surface area contributed by atoms with Crippen LogP contribution < -0.4 is 9.62 Å². The molecule has 4 nitrogen and oxygen atoms in total. The largest absolute Gasteiger partial charge is 0.325 e. The lowest BCUT2D eigenvalue weighted by Crippen LogP contribution is -2.19. The van der Waals surface area contributed by atoms with Gasteiger partial charge in [-0.25, -0.2) is 9.97 Å². The lowest BCUT2D eigenvalue weighted by Gasteiger charge is -2.25. The van der Waals surface area contributed by atoms with Gasteiger partial charge in [-0.15, -0.1) is 0 Å². The molecule has 0 radical (unpaired) electrons. The molecule has 0 atom stereocenters. The van der Waals surface area contributed by atoms with E-state index in [0.717, 1.165) is 38.8 Å². The second-order valence-corrected chi connectivity index (χ2v) is 10.3. The van der Waals surface area contributed by atoms with Gasteiger partial charge in [0, 0.05) is 45.2 Å². The van der Waals surface area contributed by atoms with Crippen molar-refractivity contribution in [2.75, 3.05) is 16.7 Å². The summed E-state index contributed by atoms with van der Waals surface area (Å²) in [5.41, 5.74) is 6.52. The third kappa shape index (κ3) is 5.79. The van der Waals surface area contributed by atoms with Crippen molar-refractivity contribution in [2.45, 2.75) is 44.9 Å². The van der Waals surface area contributed by atoms with E-state index in [1.54, 1.807) is 18.0 Å². The predicted octanol–water partition coefficient (Wildman–Crippen LogP) is 7.91. The Balaban J connectivity index is 1.93. The predicted molar refractivity (Wildman–Crippen MR) is 145 cm³/mol. The maximum atomic E-state index is 6.53. The normalized spacial score (nSPS) is 11.2. The summed E-state index contributed by atoms with van der Waals surface area (Å²) in [6, 6.07) is 14.4. The highest BCUT2D eigenvalue weighted by molar-refractivity contribution is 8.00. The van der Waals surface area contributed by atoms with Crippen molar-refractivity contribution in [1.29, 1.82) is 0 Å². The summed E-state index contributed by atoms with van der Waals surface area (Å²) in [4.78, 5) is 12.2. The lowest BCUT2D eigenvalue weighted by molar-refractivity contribution is 0.590. The number of rotatable bonds is 7. The van der Waals surface area contributed by atoms with Gasteiger partial charge in [-0.1, -0.05) is 63.7 Å². The van der Waals surface area contributed by atoms with Crippen molar-refractivity contribution in [3.63, 3.8) is 0 Å². The van der Waals surface area contributed by atoms with E-state index in [0.29, 0.717) is 11.0 Å². The van der Waals surface area contributed by atoms with E-state index in [9.17, 15) is 0 Å². The Hall–Kier alpha value is -2.76. The fourth-order valence-electron chi connectivity index (χ4n) is 3.47. The summed E-state index contributed by atoms with van der Waals surface area (Å²) in [7, 11) is 1.91. The number of hydrogen-bond donors (Lipinski definition) is 1. The minimum atomic E-state index is 0.122. The zero-order valence-corrected chi connectivity index (χ0v) is 21.7. The van der Waals surface area contributed by atoms with Crippen LogP contribution in [-0.4, -0.2) is 17.0 Å². The Morgan fingerprint density at radius 1 is 1.06 bits per heavy atom. The number of benzene rings is 2. The van der Waals surface area contributed by atoms with Crippen LogP contribution in [0.3, 0.4) is 0 Å². The van der Waals surface area contributed by atoms with Crippen molar-refractivity contribution in [3.8, 4) is 0 Å². The maximum Gasteiger partial charge on any atom is 0.230 e. The van der Waals surface area contributed by atoms with Crippen LogP contribution in [0.25, 0.3) is 11.8 Å². The number of aryl methyl sites for hydroxylation is 2. The first-order valence-corrected chi connectivity index (χ1v) is 11.9. The number of halogens is 1. The molecule has 2 aromatic carbocycles. The summed E-state index contributed by atoms with van der Waals surface area (Å²) in [5.74, 6) is 0.587. The number of nitrogens with one attached hydrogen (secondary N) is 1. The van der Waals surface area contributed by atoms with E-state index in [-0.39, 0.29) is 5.41 Å². The summed E-state index contributed by atoms with van der Waals surface area (Å²) in [6.07, 6.45) is 1.76. The molecule has 0 aliphatic rings. The van der Waals surface area contributed by atoms with Gasteiger partial charge in [-0.05, 0) is 67.1 Å². The topological polar surface area (TPSA) is 41.0 Å². The Labute approximate surface area is 206 Å². The minimum Gasteiger partial charge on any atom is -0.325 e. The molecule has 1 N–H and O–H groups in total. The number of nitrogens with zero attached hydrogens (tertiary/aromatic N) is 3. The van der Waals surface area contributed by atoms with Crippen LogP contribution in [0.1, 0.15) is 48.8 Å². The van der Waals surface area contributed by atoms with Gasteiger partial charge in [-0.3, -0.25) is 0 Å². The molecule has 0 bridgehead atoms. The first-order valence-electron chi connectivity index (χ1n) is 10.7. The van der Waals surface area contributed by atoms with Crippen molar-refractivity contribution in [3.05, 3.63) is 88.7 Å². The highest BCUT2D eigenvalue weighted by Gasteiger charge is 2.19. The van der Waals surface area contributed by atoms with Crippen LogP contribution >= 0.6 is 23.5 Å². The number of anilines is 2. The Bertz CT molecular complexity index is 1160. The van der Waals surface area contributed by atoms with E-state index in [1.165, 1.54) is 5.56 Å². The molecule has 0 amide bonds. The molecule has 0 unspecified atom stereocenters. The van der Waals surface area contributed by atoms with Gasteiger partial charge in [-0.2, -0.15) is 0 Å². The molecule has 1 heterocycles. The Morgan fingerprint density at radius 3 is 2.21 bits per heavy atom. The van der Waals surface area contributed by atoms with Crippen LogP contribution in [0.4, 0.5) is 11.6 Å². The molecule has 0 aliphatic heterocycles. The van der Waals surface area contributed by atoms with Gasteiger partial charge in [0.15, 0.2) is 0 Å². The van der Waals surface area contributed by atoms with Gasteiger partial charge in [0.1, 0.15) is 0 Å². The summed E-state index contributed by atoms with van der Waals surface area (Å²) in [5, 5.41) is 0.612. The lowest BCUT2D eigenvalue weighted by atomic mass is 9.87. The van der Waals surface area contributed by atoms with Gasteiger partial charge >= 0.3 is 0 Å². The molecule has 1 aromatic heterocycles. The number of hydrogen-bond acceptors (Lipinski definition) is 5. The van der Waals surface area contributed by atoms with E-state index in [4.69, 9.17) is 11.6 Å². The summed E-state index contributed by atoms with van der Waals surface area (Å²) >= 11 is 8.07. The van der Waals surface area contributed by atoms with Crippen molar-refractivity contribution in [1.82, 2.24) is 9.97 Å². The maximum absolute atomic E-state index is 6.53. The zero-order valence-electron chi connectivity index (χ0n) is 20.2. The third-order valence-corrected chi connectivity index (χ3v) is 6.52. The molecule has 0 spiro atoms. The molecule has 0 fully saturated rings. The van der Waals surface area contributed by atoms with Gasteiger partial charge in [0.05, 0.1) is 5.69 Å². The third-order valence-electron chi connectivity index (χ3n) is 5.36. The highest BCUT2D eigenvalue weighted by Crippen LogP contribution is 2.37. The first kappa shape index (κ1) is 24.9. The monoisotopic (exact) mass is 478 g/mol. The molecule has 3 aromatic rings. The van der Waals surface area contributed by atoms with E-state index >= 15 is 0 Å². The molecule has 3 rings (SSSR count).